The van der Waals surface area contributed by atoms with E-state index < -0.39 is 0 Å². The number of aryl methyl sites for hydroxylation is 1. The molecule has 3 aliphatic rings. The summed E-state index contributed by atoms with van der Waals surface area (Å²) in [6.07, 6.45) is 6.94. The van der Waals surface area contributed by atoms with Crippen LogP contribution in [0.4, 0.5) is 10.1 Å². The summed E-state index contributed by atoms with van der Waals surface area (Å²) in [6, 6.07) is 6.11. The van der Waals surface area contributed by atoms with E-state index in [1.807, 2.05) is 17.9 Å². The predicted octanol–water partition coefficient (Wildman–Crippen LogP) is 2.56. The Bertz CT molecular complexity index is 890. The fourth-order valence-electron chi connectivity index (χ4n) is 5.49. The predicted molar refractivity (Wildman–Crippen MR) is 107 cm³/mol. The summed E-state index contributed by atoms with van der Waals surface area (Å²) in [6.45, 7) is 4.04. The highest BCUT2D eigenvalue weighted by molar-refractivity contribution is 5.99. The van der Waals surface area contributed by atoms with Crippen LogP contribution in [0.1, 0.15) is 30.7 Å². The van der Waals surface area contributed by atoms with Gasteiger partial charge in [0.15, 0.2) is 0 Å². The van der Waals surface area contributed by atoms with E-state index in [0.29, 0.717) is 12.5 Å². The van der Waals surface area contributed by atoms with Gasteiger partial charge < -0.3 is 9.64 Å². The molecule has 2 atom stereocenters. The van der Waals surface area contributed by atoms with Gasteiger partial charge in [-0.3, -0.25) is 14.4 Å². The standard InChI is InChI=1S/C22H27FN4O2/c1-25-13-16(12-24-25)19-14-26(15-22(19)7-10-29-11-8-22)20-6-9-27(21(20)28)18-4-2-17(23)3-5-18/h2-5,12-13,19-20H,6-11,14-15H2,1H3. The van der Waals surface area contributed by atoms with Crippen molar-refractivity contribution in [2.45, 2.75) is 31.2 Å². The molecule has 2 aromatic rings. The van der Waals surface area contributed by atoms with Crippen LogP contribution in [0.25, 0.3) is 0 Å². The van der Waals surface area contributed by atoms with Crippen LogP contribution < -0.4 is 4.90 Å². The van der Waals surface area contributed by atoms with Crippen molar-refractivity contribution >= 4 is 11.6 Å². The van der Waals surface area contributed by atoms with Crippen LogP contribution in [-0.4, -0.2) is 59.5 Å². The Morgan fingerprint density at radius 2 is 1.97 bits per heavy atom. The molecule has 3 aliphatic heterocycles. The first-order valence-corrected chi connectivity index (χ1v) is 10.4. The van der Waals surface area contributed by atoms with Crippen LogP contribution in [0, 0.1) is 11.2 Å². The minimum atomic E-state index is -0.280. The van der Waals surface area contributed by atoms with Gasteiger partial charge >= 0.3 is 0 Å². The number of hydrogen-bond acceptors (Lipinski definition) is 4. The number of carbonyl (C=O) groups is 1. The maximum atomic E-state index is 13.3. The first kappa shape index (κ1) is 18.8. The lowest BCUT2D eigenvalue weighted by Gasteiger charge is -2.38. The van der Waals surface area contributed by atoms with Gasteiger partial charge in [-0.25, -0.2) is 4.39 Å². The zero-order valence-corrected chi connectivity index (χ0v) is 16.8. The van der Waals surface area contributed by atoms with Gasteiger partial charge in [-0.2, -0.15) is 5.10 Å². The fraction of sp³-hybridized carbons (Fsp3) is 0.545. The first-order valence-electron chi connectivity index (χ1n) is 10.4. The Balaban J connectivity index is 1.39. The van der Waals surface area contributed by atoms with E-state index in [1.54, 1.807) is 17.0 Å². The molecular weight excluding hydrogens is 371 g/mol. The molecule has 1 aromatic carbocycles. The lowest BCUT2D eigenvalue weighted by Crippen LogP contribution is -2.42. The smallest absolute Gasteiger partial charge is 0.244 e. The van der Waals surface area contributed by atoms with Gasteiger partial charge in [-0.1, -0.05) is 0 Å². The number of amides is 1. The topological polar surface area (TPSA) is 50.6 Å². The average molecular weight is 398 g/mol. The van der Waals surface area contributed by atoms with Gasteiger partial charge in [-0.05, 0) is 54.5 Å². The molecule has 2 unspecified atom stereocenters. The molecule has 1 aromatic heterocycles. The van der Waals surface area contributed by atoms with Crippen molar-refractivity contribution in [2.75, 3.05) is 37.7 Å². The second kappa shape index (κ2) is 7.22. The van der Waals surface area contributed by atoms with Gasteiger partial charge in [0, 0.05) is 57.7 Å². The summed E-state index contributed by atoms with van der Waals surface area (Å²) >= 11 is 0. The van der Waals surface area contributed by atoms with E-state index in [9.17, 15) is 9.18 Å². The quantitative estimate of drug-likeness (QED) is 0.798. The molecule has 3 fully saturated rings. The number of anilines is 1. The molecule has 0 aliphatic carbocycles. The molecule has 7 heteroatoms. The lowest BCUT2D eigenvalue weighted by molar-refractivity contribution is -0.121. The van der Waals surface area contributed by atoms with E-state index in [2.05, 4.69) is 16.2 Å². The van der Waals surface area contributed by atoms with E-state index >= 15 is 0 Å². The van der Waals surface area contributed by atoms with Crippen LogP contribution >= 0.6 is 0 Å². The average Bonchev–Trinajstić information content (AvgIpc) is 3.41. The number of rotatable bonds is 3. The number of carbonyl (C=O) groups excluding carboxylic acids is 1. The fourth-order valence-corrected chi connectivity index (χ4v) is 5.49. The molecule has 29 heavy (non-hydrogen) atoms. The van der Waals surface area contributed by atoms with Crippen molar-refractivity contribution in [2.24, 2.45) is 12.5 Å². The molecule has 4 heterocycles. The molecular formula is C22H27FN4O2. The number of ether oxygens (including phenoxy) is 1. The summed E-state index contributed by atoms with van der Waals surface area (Å²) in [5.41, 5.74) is 2.19. The lowest BCUT2D eigenvalue weighted by atomic mass is 9.70. The third-order valence-corrected chi connectivity index (χ3v) is 7.05. The molecule has 6 nitrogen and oxygen atoms in total. The molecule has 3 saturated heterocycles. The first-order chi connectivity index (χ1) is 14.1. The zero-order chi connectivity index (χ0) is 20.0. The number of halogens is 1. The maximum Gasteiger partial charge on any atom is 0.244 e. The Kier molecular flexibility index (Phi) is 4.67. The minimum absolute atomic E-state index is 0.110. The van der Waals surface area contributed by atoms with Crippen molar-refractivity contribution in [1.29, 1.82) is 0 Å². The zero-order valence-electron chi connectivity index (χ0n) is 16.8. The Morgan fingerprint density at radius 3 is 2.66 bits per heavy atom. The van der Waals surface area contributed by atoms with Gasteiger partial charge in [0.05, 0.1) is 12.2 Å². The highest BCUT2D eigenvalue weighted by Crippen LogP contribution is 2.50. The van der Waals surface area contributed by atoms with Crippen LogP contribution in [-0.2, 0) is 16.6 Å². The largest absolute Gasteiger partial charge is 0.381 e. The van der Waals surface area contributed by atoms with Gasteiger partial charge in [0.2, 0.25) is 5.91 Å². The van der Waals surface area contributed by atoms with E-state index in [0.717, 1.165) is 51.3 Å². The number of aromatic nitrogens is 2. The molecule has 1 spiro atoms. The Labute approximate surface area is 170 Å². The highest BCUT2D eigenvalue weighted by Gasteiger charge is 2.51. The van der Waals surface area contributed by atoms with E-state index in [-0.39, 0.29) is 23.2 Å². The van der Waals surface area contributed by atoms with Crippen LogP contribution in [0.15, 0.2) is 36.7 Å². The van der Waals surface area contributed by atoms with Gasteiger partial charge in [-0.15, -0.1) is 0 Å². The van der Waals surface area contributed by atoms with Crippen LogP contribution in [0.2, 0.25) is 0 Å². The normalized spacial score (nSPS) is 27.2. The maximum absolute atomic E-state index is 13.3. The SMILES string of the molecule is Cn1cc(C2CN(C3CCN(c4ccc(F)cc4)C3=O)CC23CCOCC3)cn1. The van der Waals surface area contributed by atoms with Crippen molar-refractivity contribution < 1.29 is 13.9 Å². The van der Waals surface area contributed by atoms with Gasteiger partial charge in [0.1, 0.15) is 5.82 Å². The summed E-state index contributed by atoms with van der Waals surface area (Å²) < 4.78 is 20.8. The number of likely N-dealkylation sites (tertiary alicyclic amines) is 1. The summed E-state index contributed by atoms with van der Waals surface area (Å²) in [5, 5.41) is 4.40. The molecule has 5 rings (SSSR count). The molecule has 1 amide bonds. The van der Waals surface area contributed by atoms with Crippen LogP contribution in [0.3, 0.4) is 0 Å². The molecule has 0 N–H and O–H groups in total. The summed E-state index contributed by atoms with van der Waals surface area (Å²) in [4.78, 5) is 17.4. The number of benzene rings is 1. The second-order valence-electron chi connectivity index (χ2n) is 8.67. The van der Waals surface area contributed by atoms with Crippen LogP contribution in [0.5, 0.6) is 0 Å². The third kappa shape index (κ3) is 3.26. The number of nitrogens with zero attached hydrogens (tertiary/aromatic N) is 4. The molecule has 0 radical (unpaired) electrons. The molecule has 0 bridgehead atoms. The summed E-state index contributed by atoms with van der Waals surface area (Å²) in [5.74, 6) is 0.218. The second-order valence-corrected chi connectivity index (χ2v) is 8.67. The van der Waals surface area contributed by atoms with Crippen molar-refractivity contribution in [3.8, 4) is 0 Å². The highest BCUT2D eigenvalue weighted by atomic mass is 19.1. The van der Waals surface area contributed by atoms with Crippen molar-refractivity contribution in [3.63, 3.8) is 0 Å². The van der Waals surface area contributed by atoms with E-state index in [1.165, 1.54) is 17.7 Å². The minimum Gasteiger partial charge on any atom is -0.381 e. The third-order valence-electron chi connectivity index (χ3n) is 7.05. The Morgan fingerprint density at radius 1 is 1.21 bits per heavy atom. The van der Waals surface area contributed by atoms with Crippen molar-refractivity contribution in [1.82, 2.24) is 14.7 Å². The Hall–Kier alpha value is -2.25. The monoisotopic (exact) mass is 398 g/mol. The van der Waals surface area contributed by atoms with E-state index in [4.69, 9.17) is 4.74 Å². The number of hydrogen-bond donors (Lipinski definition) is 0. The van der Waals surface area contributed by atoms with Crippen molar-refractivity contribution in [3.05, 3.63) is 48.0 Å². The van der Waals surface area contributed by atoms with Gasteiger partial charge in [0.25, 0.3) is 0 Å². The molecule has 0 saturated carbocycles. The summed E-state index contributed by atoms with van der Waals surface area (Å²) in [7, 11) is 1.95. The molecule has 154 valence electrons.